The minimum absolute atomic E-state index is 0.134. The molecule has 0 radical (unpaired) electrons. The molecule has 9 heteroatoms. The number of piperidine rings is 1. The number of rotatable bonds is 4. The van der Waals surface area contributed by atoms with Crippen molar-refractivity contribution in [3.63, 3.8) is 0 Å². The van der Waals surface area contributed by atoms with Crippen molar-refractivity contribution in [2.24, 2.45) is 5.73 Å². The van der Waals surface area contributed by atoms with Crippen LogP contribution >= 0.6 is 11.5 Å². The number of nitrogens with two attached hydrogens (primary N) is 1. The zero-order valence-corrected chi connectivity index (χ0v) is 11.0. The average molecular weight is 296 g/mol. The number of hydrogen-bond acceptors (Lipinski definition) is 6. The van der Waals surface area contributed by atoms with Gasteiger partial charge in [-0.3, -0.25) is 0 Å². The lowest BCUT2D eigenvalue weighted by atomic mass is 10.1. The highest BCUT2D eigenvalue weighted by molar-refractivity contribution is 7.09. The normalized spacial score (nSPS) is 18.0. The molecule has 0 spiro atoms. The van der Waals surface area contributed by atoms with E-state index in [-0.39, 0.29) is 6.10 Å². The van der Waals surface area contributed by atoms with Gasteiger partial charge in [0, 0.05) is 31.2 Å². The minimum atomic E-state index is -4.47. The summed E-state index contributed by atoms with van der Waals surface area (Å²) in [5, 5.41) is 0.324. The molecule has 108 valence electrons. The van der Waals surface area contributed by atoms with Crippen molar-refractivity contribution in [1.82, 2.24) is 9.36 Å². The summed E-state index contributed by atoms with van der Waals surface area (Å²) in [5.74, 6) is -1.06. The van der Waals surface area contributed by atoms with E-state index in [1.54, 1.807) is 0 Å². The maximum atomic E-state index is 12.4. The third-order valence-electron chi connectivity index (χ3n) is 2.85. The van der Waals surface area contributed by atoms with Crippen molar-refractivity contribution in [2.45, 2.75) is 25.1 Å². The molecular weight excluding hydrogens is 281 g/mol. The summed E-state index contributed by atoms with van der Waals surface area (Å²) in [6.07, 6.45) is -2.81. The highest BCUT2D eigenvalue weighted by Crippen LogP contribution is 2.31. The molecule has 1 aromatic rings. The lowest BCUT2D eigenvalue weighted by molar-refractivity contribution is -0.144. The van der Waals surface area contributed by atoms with Crippen LogP contribution in [0.2, 0.25) is 0 Å². The zero-order chi connectivity index (χ0) is 13.9. The second-order valence-electron chi connectivity index (χ2n) is 4.24. The quantitative estimate of drug-likeness (QED) is 0.912. The van der Waals surface area contributed by atoms with E-state index in [1.165, 1.54) is 0 Å². The van der Waals surface area contributed by atoms with Gasteiger partial charge in [0.25, 0.3) is 0 Å². The van der Waals surface area contributed by atoms with E-state index in [2.05, 4.69) is 9.36 Å². The summed E-state index contributed by atoms with van der Waals surface area (Å²) in [4.78, 5) is 5.35. The van der Waals surface area contributed by atoms with Gasteiger partial charge in [-0.15, -0.1) is 0 Å². The van der Waals surface area contributed by atoms with E-state index < -0.39 is 12.0 Å². The van der Waals surface area contributed by atoms with Crippen LogP contribution in [-0.4, -0.2) is 41.7 Å². The molecule has 1 saturated heterocycles. The minimum Gasteiger partial charge on any atom is -0.377 e. The molecule has 2 N–H and O–H groups in total. The van der Waals surface area contributed by atoms with Gasteiger partial charge in [0.1, 0.15) is 0 Å². The molecule has 1 fully saturated rings. The Morgan fingerprint density at radius 1 is 1.37 bits per heavy atom. The predicted octanol–water partition coefficient (Wildman–Crippen LogP) is 1.50. The largest absolute Gasteiger partial charge is 0.452 e. The third-order valence-corrected chi connectivity index (χ3v) is 3.63. The summed E-state index contributed by atoms with van der Waals surface area (Å²) in [7, 11) is 0. The lowest BCUT2D eigenvalue weighted by Crippen LogP contribution is -2.37. The maximum absolute atomic E-state index is 12.4. The van der Waals surface area contributed by atoms with Crippen LogP contribution in [0.4, 0.5) is 18.3 Å². The van der Waals surface area contributed by atoms with Gasteiger partial charge in [-0.1, -0.05) is 0 Å². The monoisotopic (exact) mass is 296 g/mol. The second kappa shape index (κ2) is 6.02. The van der Waals surface area contributed by atoms with E-state index >= 15 is 0 Å². The highest BCUT2D eigenvalue weighted by Gasteiger charge is 2.37. The van der Waals surface area contributed by atoms with Gasteiger partial charge in [-0.25, -0.2) is 0 Å². The molecule has 2 heterocycles. The molecule has 0 aromatic carbocycles. The van der Waals surface area contributed by atoms with Gasteiger partial charge < -0.3 is 15.4 Å². The average Bonchev–Trinajstić information content (AvgIpc) is 2.86. The Balaban J connectivity index is 1.89. The van der Waals surface area contributed by atoms with Crippen molar-refractivity contribution in [3.05, 3.63) is 5.82 Å². The van der Waals surface area contributed by atoms with E-state index in [0.717, 1.165) is 24.4 Å². The summed E-state index contributed by atoms with van der Waals surface area (Å²) in [6.45, 7) is 2.25. The van der Waals surface area contributed by atoms with E-state index in [4.69, 9.17) is 10.5 Å². The maximum Gasteiger partial charge on any atom is 0.452 e. The number of ether oxygens (including phenoxy) is 1. The molecule has 2 rings (SSSR count). The first kappa shape index (κ1) is 14.5. The number of anilines is 1. The van der Waals surface area contributed by atoms with Gasteiger partial charge >= 0.3 is 6.18 Å². The highest BCUT2D eigenvalue weighted by atomic mass is 32.1. The molecule has 0 bridgehead atoms. The fourth-order valence-corrected chi connectivity index (χ4v) is 2.65. The van der Waals surface area contributed by atoms with Crippen molar-refractivity contribution in [3.8, 4) is 0 Å². The number of hydrogen-bond donors (Lipinski definition) is 1. The molecule has 1 aliphatic rings. The van der Waals surface area contributed by atoms with Crippen LogP contribution in [0, 0.1) is 0 Å². The Hall–Kier alpha value is -0.930. The Kier molecular flexibility index (Phi) is 4.58. The first-order valence-electron chi connectivity index (χ1n) is 5.98. The van der Waals surface area contributed by atoms with Crippen LogP contribution in [0.25, 0.3) is 0 Å². The van der Waals surface area contributed by atoms with Gasteiger partial charge in [0.05, 0.1) is 12.7 Å². The third kappa shape index (κ3) is 3.77. The molecule has 0 saturated carbocycles. The van der Waals surface area contributed by atoms with Gasteiger partial charge in [-0.2, -0.15) is 22.5 Å². The van der Waals surface area contributed by atoms with Crippen molar-refractivity contribution >= 4 is 16.7 Å². The Labute approximate surface area is 112 Å². The van der Waals surface area contributed by atoms with Crippen LogP contribution < -0.4 is 10.6 Å². The Bertz CT molecular complexity index is 404. The fourth-order valence-electron chi connectivity index (χ4n) is 1.91. The molecule has 0 aliphatic carbocycles. The van der Waals surface area contributed by atoms with Crippen molar-refractivity contribution in [2.75, 3.05) is 31.1 Å². The van der Waals surface area contributed by atoms with E-state index in [0.29, 0.717) is 31.4 Å². The molecule has 19 heavy (non-hydrogen) atoms. The van der Waals surface area contributed by atoms with Gasteiger partial charge in [-0.05, 0) is 12.8 Å². The van der Waals surface area contributed by atoms with Crippen molar-refractivity contribution < 1.29 is 17.9 Å². The molecule has 0 atom stereocenters. The molecule has 0 unspecified atom stereocenters. The summed E-state index contributed by atoms with van der Waals surface area (Å²) in [6, 6.07) is 0. The molecule has 1 aromatic heterocycles. The van der Waals surface area contributed by atoms with Gasteiger partial charge in [0.2, 0.25) is 11.0 Å². The summed E-state index contributed by atoms with van der Waals surface area (Å²) < 4.78 is 46.1. The van der Waals surface area contributed by atoms with Crippen LogP contribution in [0.1, 0.15) is 18.7 Å². The fraction of sp³-hybridized carbons (Fsp3) is 0.800. The standard InChI is InChI=1S/C10H15F3N4OS/c11-10(12,13)8-15-9(19-16-8)17-4-1-7(2-5-17)18-6-3-14/h7H,1-6,14H2. The van der Waals surface area contributed by atoms with Crippen molar-refractivity contribution in [1.29, 1.82) is 0 Å². The number of nitrogens with zero attached hydrogens (tertiary/aromatic N) is 3. The van der Waals surface area contributed by atoms with Crippen LogP contribution in [0.15, 0.2) is 0 Å². The molecule has 0 amide bonds. The van der Waals surface area contributed by atoms with Crippen LogP contribution in [-0.2, 0) is 10.9 Å². The molecule has 1 aliphatic heterocycles. The Morgan fingerprint density at radius 2 is 2.05 bits per heavy atom. The smallest absolute Gasteiger partial charge is 0.377 e. The molecule has 5 nitrogen and oxygen atoms in total. The van der Waals surface area contributed by atoms with Crippen LogP contribution in [0.5, 0.6) is 0 Å². The van der Waals surface area contributed by atoms with Gasteiger partial charge in [0.15, 0.2) is 0 Å². The Morgan fingerprint density at radius 3 is 2.58 bits per heavy atom. The first-order valence-corrected chi connectivity index (χ1v) is 6.75. The van der Waals surface area contributed by atoms with E-state index in [9.17, 15) is 13.2 Å². The zero-order valence-electron chi connectivity index (χ0n) is 10.2. The number of halogens is 3. The number of aromatic nitrogens is 2. The second-order valence-corrected chi connectivity index (χ2v) is 4.97. The summed E-state index contributed by atoms with van der Waals surface area (Å²) in [5.41, 5.74) is 5.35. The van der Waals surface area contributed by atoms with E-state index in [1.807, 2.05) is 4.90 Å². The predicted molar refractivity (Wildman–Crippen MR) is 65.2 cm³/mol. The van der Waals surface area contributed by atoms with Crippen LogP contribution in [0.3, 0.4) is 0 Å². The number of alkyl halides is 3. The summed E-state index contributed by atoms with van der Waals surface area (Å²) >= 11 is 0.786. The lowest BCUT2D eigenvalue weighted by Gasteiger charge is -2.31. The topological polar surface area (TPSA) is 64.3 Å². The first-order chi connectivity index (χ1) is 9.00. The molecular formula is C10H15F3N4OS. The SMILES string of the molecule is NCCOC1CCN(c2nc(C(F)(F)F)ns2)CC1.